The number of likely N-dealkylation sites (tertiary alicyclic amines) is 1. The van der Waals surface area contributed by atoms with Gasteiger partial charge in [0.15, 0.2) is 0 Å². The Hall–Kier alpha value is -1.71. The highest BCUT2D eigenvalue weighted by molar-refractivity contribution is 7.89. The monoisotopic (exact) mass is 382 g/mol. The molecule has 0 spiro atoms. The molecular weight excluding hydrogens is 356 g/mol. The van der Waals surface area contributed by atoms with Crippen molar-refractivity contribution in [3.8, 4) is 0 Å². The minimum absolute atomic E-state index is 0.115. The Morgan fingerprint density at radius 2 is 1.88 bits per heavy atom. The first-order valence-corrected chi connectivity index (χ1v) is 10.7. The SMILES string of the molecule is NS(=O)(=O)c1ccc(NC2CCCN(C3CCCCC3)C2)c([N+](=O)[O-])c1. The summed E-state index contributed by atoms with van der Waals surface area (Å²) in [5, 5.41) is 19.7. The molecule has 144 valence electrons. The Balaban J connectivity index is 1.74. The largest absolute Gasteiger partial charge is 0.375 e. The third-order valence-electron chi connectivity index (χ3n) is 5.40. The number of primary sulfonamides is 1. The van der Waals surface area contributed by atoms with Crippen LogP contribution in [0.15, 0.2) is 23.1 Å². The summed E-state index contributed by atoms with van der Waals surface area (Å²) in [6, 6.07) is 4.52. The van der Waals surface area contributed by atoms with Crippen molar-refractivity contribution < 1.29 is 13.3 Å². The molecule has 3 N–H and O–H groups in total. The first kappa shape index (κ1) is 19.1. The van der Waals surface area contributed by atoms with Gasteiger partial charge in [-0.1, -0.05) is 19.3 Å². The maximum absolute atomic E-state index is 11.5. The van der Waals surface area contributed by atoms with Crippen molar-refractivity contribution in [3.05, 3.63) is 28.3 Å². The molecule has 26 heavy (non-hydrogen) atoms. The standard InChI is InChI=1S/C17H26N4O4S/c18-26(24,25)15-8-9-16(17(11-15)21(22)23)19-13-5-4-10-20(12-13)14-6-2-1-3-7-14/h8-9,11,13-14,19H,1-7,10,12H2,(H2,18,24,25). The van der Waals surface area contributed by atoms with Gasteiger partial charge in [0.1, 0.15) is 5.69 Å². The van der Waals surface area contributed by atoms with E-state index in [1.807, 2.05) is 0 Å². The number of anilines is 1. The fourth-order valence-corrected chi connectivity index (χ4v) is 4.62. The molecule has 2 fully saturated rings. The van der Waals surface area contributed by atoms with Crippen molar-refractivity contribution in [2.24, 2.45) is 5.14 Å². The number of nitrogens with zero attached hydrogens (tertiary/aromatic N) is 2. The molecule has 1 saturated carbocycles. The fraction of sp³-hybridized carbons (Fsp3) is 0.647. The van der Waals surface area contributed by atoms with Crippen LogP contribution in [0.3, 0.4) is 0 Å². The van der Waals surface area contributed by atoms with Gasteiger partial charge in [-0.3, -0.25) is 15.0 Å². The third-order valence-corrected chi connectivity index (χ3v) is 6.31. The topological polar surface area (TPSA) is 119 Å². The van der Waals surface area contributed by atoms with Crippen LogP contribution in [-0.2, 0) is 10.0 Å². The van der Waals surface area contributed by atoms with Crippen LogP contribution in [0.1, 0.15) is 44.9 Å². The van der Waals surface area contributed by atoms with E-state index in [1.54, 1.807) is 0 Å². The summed E-state index contributed by atoms with van der Waals surface area (Å²) < 4.78 is 22.9. The maximum Gasteiger partial charge on any atom is 0.293 e. The van der Waals surface area contributed by atoms with Crippen LogP contribution < -0.4 is 10.5 Å². The van der Waals surface area contributed by atoms with Gasteiger partial charge in [0.05, 0.1) is 9.82 Å². The lowest BCUT2D eigenvalue weighted by atomic mass is 9.92. The van der Waals surface area contributed by atoms with E-state index in [1.165, 1.54) is 44.2 Å². The highest BCUT2D eigenvalue weighted by Crippen LogP contribution is 2.30. The van der Waals surface area contributed by atoms with Crippen molar-refractivity contribution in [1.82, 2.24) is 4.90 Å². The first-order valence-electron chi connectivity index (χ1n) is 9.16. The molecule has 0 bridgehead atoms. The summed E-state index contributed by atoms with van der Waals surface area (Å²) >= 11 is 0. The minimum atomic E-state index is -3.97. The molecule has 1 heterocycles. The Morgan fingerprint density at radius 3 is 2.54 bits per heavy atom. The Morgan fingerprint density at radius 1 is 1.15 bits per heavy atom. The van der Waals surface area contributed by atoms with Crippen LogP contribution in [0.25, 0.3) is 0 Å². The number of nitrogens with one attached hydrogen (secondary N) is 1. The molecule has 1 saturated heterocycles. The van der Waals surface area contributed by atoms with Crippen LogP contribution in [0.2, 0.25) is 0 Å². The van der Waals surface area contributed by atoms with E-state index in [0.29, 0.717) is 11.7 Å². The maximum atomic E-state index is 11.5. The number of nitro groups is 1. The number of nitro benzene ring substituents is 1. The summed E-state index contributed by atoms with van der Waals surface area (Å²) in [7, 11) is -3.97. The summed E-state index contributed by atoms with van der Waals surface area (Å²) in [4.78, 5) is 13.1. The normalized spacial score (nSPS) is 22.9. The molecule has 1 atom stereocenters. The van der Waals surface area contributed by atoms with Crippen LogP contribution >= 0.6 is 0 Å². The molecular formula is C17H26N4O4S. The highest BCUT2D eigenvalue weighted by Gasteiger charge is 2.28. The predicted octanol–water partition coefficient (Wildman–Crippen LogP) is 2.45. The lowest BCUT2D eigenvalue weighted by molar-refractivity contribution is -0.384. The van der Waals surface area contributed by atoms with Crippen LogP contribution in [0, 0.1) is 10.1 Å². The van der Waals surface area contributed by atoms with E-state index in [-0.39, 0.29) is 16.6 Å². The minimum Gasteiger partial charge on any atom is -0.375 e. The van der Waals surface area contributed by atoms with E-state index in [0.717, 1.165) is 32.0 Å². The van der Waals surface area contributed by atoms with E-state index >= 15 is 0 Å². The third kappa shape index (κ3) is 4.52. The van der Waals surface area contributed by atoms with E-state index in [4.69, 9.17) is 5.14 Å². The summed E-state index contributed by atoms with van der Waals surface area (Å²) in [6.07, 6.45) is 8.33. The fourth-order valence-electron chi connectivity index (χ4n) is 4.08. The summed E-state index contributed by atoms with van der Waals surface area (Å²) in [6.45, 7) is 1.94. The van der Waals surface area contributed by atoms with Gasteiger partial charge in [-0.05, 0) is 44.4 Å². The van der Waals surface area contributed by atoms with Crippen molar-refractivity contribution in [1.29, 1.82) is 0 Å². The van der Waals surface area contributed by atoms with Crippen LogP contribution in [0.4, 0.5) is 11.4 Å². The second-order valence-electron chi connectivity index (χ2n) is 7.25. The Labute approximate surface area is 153 Å². The molecule has 2 aliphatic rings. The number of benzene rings is 1. The molecule has 8 nitrogen and oxygen atoms in total. The molecule has 1 aromatic rings. The zero-order valence-electron chi connectivity index (χ0n) is 14.8. The second kappa shape index (κ2) is 7.89. The van der Waals surface area contributed by atoms with Crippen molar-refractivity contribution in [3.63, 3.8) is 0 Å². The van der Waals surface area contributed by atoms with Gasteiger partial charge in [0.2, 0.25) is 10.0 Å². The molecule has 0 amide bonds. The first-order chi connectivity index (χ1) is 12.3. The average Bonchev–Trinajstić information content (AvgIpc) is 2.62. The number of hydrogen-bond acceptors (Lipinski definition) is 6. The zero-order valence-corrected chi connectivity index (χ0v) is 15.6. The predicted molar refractivity (Wildman–Crippen MR) is 99.6 cm³/mol. The number of piperidine rings is 1. The molecule has 1 aliphatic carbocycles. The molecule has 1 unspecified atom stereocenters. The van der Waals surface area contributed by atoms with Gasteiger partial charge < -0.3 is 5.32 Å². The quantitative estimate of drug-likeness (QED) is 0.596. The highest BCUT2D eigenvalue weighted by atomic mass is 32.2. The second-order valence-corrected chi connectivity index (χ2v) is 8.81. The molecule has 0 aromatic heterocycles. The summed E-state index contributed by atoms with van der Waals surface area (Å²) in [5.41, 5.74) is 0.0872. The van der Waals surface area contributed by atoms with E-state index < -0.39 is 14.9 Å². The van der Waals surface area contributed by atoms with Crippen molar-refractivity contribution in [2.75, 3.05) is 18.4 Å². The zero-order chi connectivity index (χ0) is 18.7. The van der Waals surface area contributed by atoms with Gasteiger partial charge in [-0.2, -0.15) is 0 Å². The van der Waals surface area contributed by atoms with E-state index in [2.05, 4.69) is 10.2 Å². The molecule has 1 aromatic carbocycles. The molecule has 1 aliphatic heterocycles. The van der Waals surface area contributed by atoms with Crippen LogP contribution in [0.5, 0.6) is 0 Å². The Bertz CT molecular complexity index is 762. The smallest absolute Gasteiger partial charge is 0.293 e. The van der Waals surface area contributed by atoms with Gasteiger partial charge >= 0.3 is 0 Å². The van der Waals surface area contributed by atoms with Crippen molar-refractivity contribution in [2.45, 2.75) is 61.9 Å². The van der Waals surface area contributed by atoms with Gasteiger partial charge in [-0.15, -0.1) is 0 Å². The van der Waals surface area contributed by atoms with Crippen LogP contribution in [-0.4, -0.2) is 43.4 Å². The molecule has 3 rings (SSSR count). The lowest BCUT2D eigenvalue weighted by Gasteiger charge is -2.40. The van der Waals surface area contributed by atoms with Gasteiger partial charge in [-0.25, -0.2) is 13.6 Å². The number of nitrogens with two attached hydrogens (primary N) is 1. The Kier molecular flexibility index (Phi) is 5.79. The number of rotatable bonds is 5. The van der Waals surface area contributed by atoms with Gasteiger partial charge in [0, 0.05) is 24.7 Å². The molecule has 9 heteroatoms. The lowest BCUT2D eigenvalue weighted by Crippen LogP contribution is -2.47. The molecule has 0 radical (unpaired) electrons. The van der Waals surface area contributed by atoms with Crippen molar-refractivity contribution >= 4 is 21.4 Å². The van der Waals surface area contributed by atoms with Gasteiger partial charge in [0.25, 0.3) is 5.69 Å². The summed E-state index contributed by atoms with van der Waals surface area (Å²) in [5.74, 6) is 0. The van der Waals surface area contributed by atoms with E-state index in [9.17, 15) is 18.5 Å². The number of sulfonamides is 1. The average molecular weight is 382 g/mol. The number of hydrogen-bond donors (Lipinski definition) is 2.